The van der Waals surface area contributed by atoms with Crippen molar-refractivity contribution in [2.45, 2.75) is 32.1 Å². The van der Waals surface area contributed by atoms with Crippen LogP contribution in [0.15, 0.2) is 39.7 Å². The molecule has 25 heavy (non-hydrogen) atoms. The molecule has 132 valence electrons. The van der Waals surface area contributed by atoms with Gasteiger partial charge in [0, 0.05) is 17.9 Å². The Balaban J connectivity index is 2.10. The normalized spacial score (nSPS) is 13.7. The van der Waals surface area contributed by atoms with Gasteiger partial charge in [-0.1, -0.05) is 33.6 Å². The summed E-state index contributed by atoms with van der Waals surface area (Å²) in [7, 11) is -3.84. The van der Waals surface area contributed by atoms with E-state index in [1.165, 1.54) is 11.8 Å². The molecule has 1 heterocycles. The van der Waals surface area contributed by atoms with Crippen LogP contribution in [0.3, 0.4) is 0 Å². The fourth-order valence-corrected chi connectivity index (χ4v) is 5.18. The van der Waals surface area contributed by atoms with Gasteiger partial charge in [0.15, 0.2) is 0 Å². The van der Waals surface area contributed by atoms with Crippen LogP contribution in [0.2, 0.25) is 0 Å². The van der Waals surface area contributed by atoms with Crippen molar-refractivity contribution in [3.8, 4) is 0 Å². The monoisotopic (exact) mass is 422 g/mol. The van der Waals surface area contributed by atoms with Crippen LogP contribution in [0.25, 0.3) is 0 Å². The molecule has 0 unspecified atom stereocenters. The van der Waals surface area contributed by atoms with E-state index in [9.17, 15) is 13.2 Å². The van der Waals surface area contributed by atoms with Gasteiger partial charge in [-0.15, -0.1) is 0 Å². The summed E-state index contributed by atoms with van der Waals surface area (Å²) in [4.78, 5) is 13.6. The minimum Gasteiger partial charge on any atom is -0.311 e. The molecule has 0 aliphatic carbocycles. The lowest BCUT2D eigenvalue weighted by Gasteiger charge is -2.20. The fourth-order valence-electron chi connectivity index (χ4n) is 3.12. The maximum Gasteiger partial charge on any atom is 0.264 e. The Hall–Kier alpha value is -1.86. The topological polar surface area (TPSA) is 66.5 Å². The van der Waals surface area contributed by atoms with Crippen LogP contribution >= 0.6 is 15.9 Å². The SMILES string of the molecule is CC(=O)N1CCc2cc(Br)cc(S(=O)(=O)Nc3ccc(C)cc3C)c21. The molecule has 0 fully saturated rings. The van der Waals surface area contributed by atoms with Crippen molar-refractivity contribution < 1.29 is 13.2 Å². The molecule has 0 saturated heterocycles. The average Bonchev–Trinajstić information content (AvgIpc) is 2.93. The van der Waals surface area contributed by atoms with Gasteiger partial charge in [-0.3, -0.25) is 9.52 Å². The van der Waals surface area contributed by atoms with Crippen molar-refractivity contribution in [3.05, 3.63) is 51.5 Å². The molecule has 0 radical (unpaired) electrons. The Bertz CT molecular complexity index is 971. The minimum absolute atomic E-state index is 0.115. The number of anilines is 2. The van der Waals surface area contributed by atoms with Crippen LogP contribution in [0.5, 0.6) is 0 Å². The number of aryl methyl sites for hydroxylation is 2. The van der Waals surface area contributed by atoms with Crippen molar-refractivity contribution in [3.63, 3.8) is 0 Å². The Morgan fingerprint density at radius 2 is 1.92 bits per heavy atom. The van der Waals surface area contributed by atoms with E-state index < -0.39 is 10.0 Å². The number of sulfonamides is 1. The van der Waals surface area contributed by atoms with Gasteiger partial charge in [-0.25, -0.2) is 8.42 Å². The molecule has 0 saturated carbocycles. The van der Waals surface area contributed by atoms with Gasteiger partial charge in [0.05, 0.1) is 11.4 Å². The van der Waals surface area contributed by atoms with Crippen LogP contribution in [-0.4, -0.2) is 20.9 Å². The Labute approximate surface area is 156 Å². The molecule has 3 rings (SSSR count). The summed E-state index contributed by atoms with van der Waals surface area (Å²) in [6.45, 7) is 5.76. The third-order valence-corrected chi connectivity index (χ3v) is 6.13. The second-order valence-corrected chi connectivity index (χ2v) is 8.82. The number of hydrogen-bond donors (Lipinski definition) is 1. The highest BCUT2D eigenvalue weighted by atomic mass is 79.9. The number of nitrogens with zero attached hydrogens (tertiary/aromatic N) is 1. The predicted octanol–water partition coefficient (Wildman–Crippen LogP) is 3.78. The molecule has 5 nitrogen and oxygen atoms in total. The first-order chi connectivity index (χ1) is 11.7. The zero-order valence-electron chi connectivity index (χ0n) is 14.3. The van der Waals surface area contributed by atoms with E-state index in [0.717, 1.165) is 16.7 Å². The number of nitrogens with one attached hydrogen (secondary N) is 1. The van der Waals surface area contributed by atoms with E-state index in [1.807, 2.05) is 32.0 Å². The minimum atomic E-state index is -3.84. The number of halogens is 1. The number of benzene rings is 2. The maximum absolute atomic E-state index is 13.0. The van der Waals surface area contributed by atoms with Gasteiger partial charge in [-0.2, -0.15) is 0 Å². The summed E-state index contributed by atoms with van der Waals surface area (Å²) >= 11 is 3.38. The van der Waals surface area contributed by atoms with E-state index in [1.54, 1.807) is 12.1 Å². The number of carbonyl (C=O) groups is 1. The van der Waals surface area contributed by atoms with Gasteiger partial charge in [0.1, 0.15) is 4.90 Å². The van der Waals surface area contributed by atoms with Crippen molar-refractivity contribution in [2.75, 3.05) is 16.2 Å². The van der Waals surface area contributed by atoms with Gasteiger partial charge in [0.25, 0.3) is 10.0 Å². The lowest BCUT2D eigenvalue weighted by atomic mass is 10.1. The largest absolute Gasteiger partial charge is 0.311 e. The Kier molecular flexibility index (Phi) is 4.64. The van der Waals surface area contributed by atoms with Crippen molar-refractivity contribution in [1.29, 1.82) is 0 Å². The molecule has 0 spiro atoms. The molecule has 1 aliphatic heterocycles. The van der Waals surface area contributed by atoms with Crippen molar-refractivity contribution in [2.24, 2.45) is 0 Å². The molecule has 0 bridgehead atoms. The summed E-state index contributed by atoms with van der Waals surface area (Å²) in [5.41, 5.74) is 3.77. The van der Waals surface area contributed by atoms with E-state index in [0.29, 0.717) is 28.8 Å². The van der Waals surface area contributed by atoms with E-state index in [-0.39, 0.29) is 10.8 Å². The second-order valence-electron chi connectivity index (χ2n) is 6.26. The highest BCUT2D eigenvalue weighted by Gasteiger charge is 2.31. The van der Waals surface area contributed by atoms with E-state index in [4.69, 9.17) is 0 Å². The number of hydrogen-bond acceptors (Lipinski definition) is 3. The molecule has 2 aromatic carbocycles. The molecular weight excluding hydrogens is 404 g/mol. The van der Waals surface area contributed by atoms with E-state index >= 15 is 0 Å². The first-order valence-electron chi connectivity index (χ1n) is 7.89. The third kappa shape index (κ3) is 3.43. The van der Waals surface area contributed by atoms with Gasteiger partial charge >= 0.3 is 0 Å². The zero-order chi connectivity index (χ0) is 18.4. The summed E-state index contributed by atoms with van der Waals surface area (Å²) in [5, 5.41) is 0. The first-order valence-corrected chi connectivity index (χ1v) is 10.2. The molecule has 1 aliphatic rings. The molecular formula is C18H19BrN2O3S. The Morgan fingerprint density at radius 1 is 1.20 bits per heavy atom. The lowest BCUT2D eigenvalue weighted by Crippen LogP contribution is -2.28. The van der Waals surface area contributed by atoms with Crippen molar-refractivity contribution >= 4 is 43.2 Å². The van der Waals surface area contributed by atoms with Crippen LogP contribution in [0.4, 0.5) is 11.4 Å². The van der Waals surface area contributed by atoms with Crippen LogP contribution in [-0.2, 0) is 21.2 Å². The summed E-state index contributed by atoms with van der Waals surface area (Å²) in [6.07, 6.45) is 0.639. The highest BCUT2D eigenvalue weighted by Crippen LogP contribution is 2.38. The molecule has 1 amide bonds. The smallest absolute Gasteiger partial charge is 0.264 e. The maximum atomic E-state index is 13.0. The average molecular weight is 423 g/mol. The predicted molar refractivity (Wildman–Crippen MR) is 103 cm³/mol. The second kappa shape index (κ2) is 6.46. The summed E-state index contributed by atoms with van der Waals surface area (Å²) in [6, 6.07) is 8.95. The molecule has 0 aromatic heterocycles. The standard InChI is InChI=1S/C18H19BrN2O3S/c1-11-4-5-16(12(2)8-11)20-25(23,24)17-10-15(19)9-14-6-7-21(13(3)22)18(14)17/h4-5,8-10,20H,6-7H2,1-3H3. The third-order valence-electron chi connectivity index (χ3n) is 4.29. The van der Waals surface area contributed by atoms with Gasteiger partial charge in [-0.05, 0) is 49.6 Å². The fraction of sp³-hybridized carbons (Fsp3) is 0.278. The van der Waals surface area contributed by atoms with Crippen LogP contribution in [0, 0.1) is 13.8 Å². The van der Waals surface area contributed by atoms with Crippen LogP contribution < -0.4 is 9.62 Å². The number of carbonyl (C=O) groups excluding carboxylic acids is 1. The van der Waals surface area contributed by atoms with Gasteiger partial charge < -0.3 is 4.90 Å². The first kappa shape index (κ1) is 17.9. The zero-order valence-corrected chi connectivity index (χ0v) is 16.7. The molecule has 2 aromatic rings. The summed E-state index contributed by atoms with van der Waals surface area (Å²) in [5.74, 6) is -0.163. The molecule has 7 heteroatoms. The number of rotatable bonds is 3. The van der Waals surface area contributed by atoms with Gasteiger partial charge in [0.2, 0.25) is 5.91 Å². The number of amides is 1. The highest BCUT2D eigenvalue weighted by molar-refractivity contribution is 9.10. The van der Waals surface area contributed by atoms with Crippen molar-refractivity contribution in [1.82, 2.24) is 0 Å². The molecule has 1 N–H and O–H groups in total. The Morgan fingerprint density at radius 3 is 2.56 bits per heavy atom. The molecule has 0 atom stereocenters. The number of fused-ring (bicyclic) bond motifs is 1. The van der Waals surface area contributed by atoms with Crippen LogP contribution in [0.1, 0.15) is 23.6 Å². The quantitative estimate of drug-likeness (QED) is 0.817. The lowest BCUT2D eigenvalue weighted by molar-refractivity contribution is -0.116. The summed E-state index contributed by atoms with van der Waals surface area (Å²) < 4.78 is 29.4. The van der Waals surface area contributed by atoms with E-state index in [2.05, 4.69) is 20.7 Å².